The number of anilines is 1. The minimum absolute atomic E-state index is 0.0395. The van der Waals surface area contributed by atoms with Gasteiger partial charge >= 0.3 is 0 Å². The molecule has 0 amide bonds. The second-order valence-electron chi connectivity index (χ2n) is 4.66. The SMILES string of the molecule is CC(C)n1ncnc1CS(=O)(=O)c1ccc(N)c(Cl)c1. The second-order valence-corrected chi connectivity index (χ2v) is 7.05. The summed E-state index contributed by atoms with van der Waals surface area (Å²) in [4.78, 5) is 4.12. The molecule has 0 aliphatic rings. The molecule has 108 valence electrons. The van der Waals surface area contributed by atoms with Crippen LogP contribution in [0.5, 0.6) is 0 Å². The largest absolute Gasteiger partial charge is 0.398 e. The number of nitrogens with two attached hydrogens (primary N) is 1. The van der Waals surface area contributed by atoms with E-state index in [0.29, 0.717) is 11.5 Å². The van der Waals surface area contributed by atoms with Gasteiger partial charge in [0.15, 0.2) is 9.84 Å². The highest BCUT2D eigenvalue weighted by Gasteiger charge is 2.20. The van der Waals surface area contributed by atoms with Gasteiger partial charge in [0.1, 0.15) is 17.9 Å². The topological polar surface area (TPSA) is 90.9 Å². The van der Waals surface area contributed by atoms with Gasteiger partial charge in [-0.3, -0.25) is 0 Å². The summed E-state index contributed by atoms with van der Waals surface area (Å²) in [5, 5.41) is 4.24. The zero-order valence-electron chi connectivity index (χ0n) is 11.1. The van der Waals surface area contributed by atoms with E-state index in [4.69, 9.17) is 17.3 Å². The van der Waals surface area contributed by atoms with Crippen molar-refractivity contribution in [3.63, 3.8) is 0 Å². The maximum Gasteiger partial charge on any atom is 0.185 e. The lowest BCUT2D eigenvalue weighted by Crippen LogP contribution is -2.13. The maximum atomic E-state index is 12.4. The van der Waals surface area contributed by atoms with Crippen LogP contribution in [-0.4, -0.2) is 23.2 Å². The summed E-state index contributed by atoms with van der Waals surface area (Å²) in [7, 11) is -3.54. The molecule has 6 nitrogen and oxygen atoms in total. The number of benzene rings is 1. The predicted molar refractivity (Wildman–Crippen MR) is 77.2 cm³/mol. The summed E-state index contributed by atoms with van der Waals surface area (Å²) in [6.07, 6.45) is 1.35. The standard InChI is InChI=1S/C12H15ClN4O2S/c1-8(2)17-12(15-7-16-17)6-20(18,19)9-3-4-11(14)10(13)5-9/h3-5,7-8H,6,14H2,1-2H3. The molecule has 20 heavy (non-hydrogen) atoms. The van der Waals surface area contributed by atoms with Gasteiger partial charge < -0.3 is 5.73 Å². The van der Waals surface area contributed by atoms with Crippen LogP contribution in [0.3, 0.4) is 0 Å². The Hall–Kier alpha value is -1.60. The van der Waals surface area contributed by atoms with E-state index in [1.807, 2.05) is 13.8 Å². The number of nitrogens with zero attached hydrogens (tertiary/aromatic N) is 3. The van der Waals surface area contributed by atoms with Crippen molar-refractivity contribution >= 4 is 27.1 Å². The lowest BCUT2D eigenvalue weighted by atomic mass is 10.3. The summed E-state index contributed by atoms with van der Waals surface area (Å²) >= 11 is 5.86. The smallest absolute Gasteiger partial charge is 0.185 e. The van der Waals surface area contributed by atoms with Crippen LogP contribution >= 0.6 is 11.6 Å². The van der Waals surface area contributed by atoms with Gasteiger partial charge in [0.05, 0.1) is 15.6 Å². The van der Waals surface area contributed by atoms with Gasteiger partial charge in [-0.2, -0.15) is 5.10 Å². The average molecular weight is 315 g/mol. The van der Waals surface area contributed by atoms with Gasteiger partial charge in [0.2, 0.25) is 0 Å². The first-order valence-corrected chi connectivity index (χ1v) is 8.00. The van der Waals surface area contributed by atoms with Crippen molar-refractivity contribution < 1.29 is 8.42 Å². The molecule has 0 fully saturated rings. The fraction of sp³-hybridized carbons (Fsp3) is 0.333. The Balaban J connectivity index is 2.36. The molecule has 0 aliphatic heterocycles. The monoisotopic (exact) mass is 314 g/mol. The molecule has 0 aliphatic carbocycles. The third-order valence-corrected chi connectivity index (χ3v) is 4.72. The van der Waals surface area contributed by atoms with Crippen LogP contribution in [-0.2, 0) is 15.6 Å². The fourth-order valence-electron chi connectivity index (χ4n) is 1.76. The molecule has 1 aromatic carbocycles. The lowest BCUT2D eigenvalue weighted by Gasteiger charge is -2.10. The Morgan fingerprint density at radius 2 is 2.10 bits per heavy atom. The quantitative estimate of drug-likeness (QED) is 0.872. The molecule has 2 N–H and O–H groups in total. The molecule has 2 rings (SSSR count). The number of nitrogen functional groups attached to an aromatic ring is 1. The van der Waals surface area contributed by atoms with Crippen molar-refractivity contribution in [2.45, 2.75) is 30.5 Å². The van der Waals surface area contributed by atoms with Crippen molar-refractivity contribution in [2.75, 3.05) is 5.73 Å². The number of sulfone groups is 1. The van der Waals surface area contributed by atoms with Crippen LogP contribution < -0.4 is 5.73 Å². The first-order chi connectivity index (χ1) is 9.31. The lowest BCUT2D eigenvalue weighted by molar-refractivity contribution is 0.510. The van der Waals surface area contributed by atoms with E-state index >= 15 is 0 Å². The summed E-state index contributed by atoms with van der Waals surface area (Å²) in [5.74, 6) is 0.166. The second kappa shape index (κ2) is 5.41. The van der Waals surface area contributed by atoms with E-state index in [9.17, 15) is 8.42 Å². The molecule has 8 heteroatoms. The molecule has 0 saturated carbocycles. The summed E-state index contributed by atoms with van der Waals surface area (Å²) in [6.45, 7) is 3.82. The molecule has 1 heterocycles. The molecule has 0 radical (unpaired) electrons. The van der Waals surface area contributed by atoms with E-state index < -0.39 is 9.84 Å². The Morgan fingerprint density at radius 3 is 2.70 bits per heavy atom. The van der Waals surface area contributed by atoms with Gasteiger partial charge in [0, 0.05) is 6.04 Å². The van der Waals surface area contributed by atoms with Crippen LogP contribution in [0.1, 0.15) is 25.7 Å². The molecule has 0 unspecified atom stereocenters. The van der Waals surface area contributed by atoms with E-state index in [0.717, 1.165) is 0 Å². The molecular weight excluding hydrogens is 300 g/mol. The van der Waals surface area contributed by atoms with Crippen molar-refractivity contribution in [3.05, 3.63) is 35.4 Å². The third kappa shape index (κ3) is 2.94. The number of hydrogen-bond acceptors (Lipinski definition) is 5. The van der Waals surface area contributed by atoms with Gasteiger partial charge in [-0.25, -0.2) is 18.1 Å². The summed E-state index contributed by atoms with van der Waals surface area (Å²) < 4.78 is 26.3. The Labute approximate surface area is 122 Å². The van der Waals surface area contributed by atoms with Crippen LogP contribution in [0.4, 0.5) is 5.69 Å². The zero-order chi connectivity index (χ0) is 14.9. The predicted octanol–water partition coefficient (Wildman–Crippen LogP) is 2.07. The van der Waals surface area contributed by atoms with Crippen molar-refractivity contribution in [1.29, 1.82) is 0 Å². The van der Waals surface area contributed by atoms with Crippen LogP contribution in [0.2, 0.25) is 5.02 Å². The minimum atomic E-state index is -3.54. The number of hydrogen-bond donors (Lipinski definition) is 1. The van der Waals surface area contributed by atoms with Crippen molar-refractivity contribution in [3.8, 4) is 0 Å². The maximum absolute atomic E-state index is 12.4. The first-order valence-electron chi connectivity index (χ1n) is 5.97. The Bertz CT molecular complexity index is 725. The van der Waals surface area contributed by atoms with Crippen LogP contribution in [0.15, 0.2) is 29.4 Å². The molecule has 1 aromatic heterocycles. The molecule has 0 atom stereocenters. The third-order valence-electron chi connectivity index (χ3n) is 2.79. The number of rotatable bonds is 4. The fourth-order valence-corrected chi connectivity index (χ4v) is 3.29. The number of halogens is 1. The van der Waals surface area contributed by atoms with E-state index in [-0.39, 0.29) is 21.7 Å². The van der Waals surface area contributed by atoms with Gasteiger partial charge in [-0.05, 0) is 32.0 Å². The first kappa shape index (κ1) is 14.8. The molecular formula is C12H15ClN4O2S. The Kier molecular flexibility index (Phi) is 4.01. The van der Waals surface area contributed by atoms with E-state index in [1.165, 1.54) is 24.5 Å². The van der Waals surface area contributed by atoms with Crippen LogP contribution in [0, 0.1) is 0 Å². The van der Waals surface area contributed by atoms with Gasteiger partial charge in [-0.1, -0.05) is 11.6 Å². The minimum Gasteiger partial charge on any atom is -0.398 e. The van der Waals surface area contributed by atoms with Crippen LogP contribution in [0.25, 0.3) is 0 Å². The molecule has 2 aromatic rings. The highest BCUT2D eigenvalue weighted by atomic mass is 35.5. The normalized spacial score (nSPS) is 12.0. The zero-order valence-corrected chi connectivity index (χ0v) is 12.7. The van der Waals surface area contributed by atoms with E-state index in [1.54, 1.807) is 4.68 Å². The number of aromatic nitrogens is 3. The summed E-state index contributed by atoms with van der Waals surface area (Å²) in [5.41, 5.74) is 5.92. The van der Waals surface area contributed by atoms with Gasteiger partial charge in [0.25, 0.3) is 0 Å². The summed E-state index contributed by atoms with van der Waals surface area (Å²) in [6, 6.07) is 4.30. The molecule has 0 spiro atoms. The molecule has 0 saturated heterocycles. The Morgan fingerprint density at radius 1 is 1.40 bits per heavy atom. The average Bonchev–Trinajstić information content (AvgIpc) is 2.80. The highest BCUT2D eigenvalue weighted by molar-refractivity contribution is 7.90. The van der Waals surface area contributed by atoms with Crippen molar-refractivity contribution in [2.24, 2.45) is 0 Å². The van der Waals surface area contributed by atoms with E-state index in [2.05, 4.69) is 10.1 Å². The molecule has 0 bridgehead atoms. The highest BCUT2D eigenvalue weighted by Crippen LogP contribution is 2.24. The van der Waals surface area contributed by atoms with Crippen molar-refractivity contribution in [1.82, 2.24) is 14.8 Å². The van der Waals surface area contributed by atoms with Gasteiger partial charge in [-0.15, -0.1) is 0 Å².